The molecule has 0 atom stereocenters. The Balaban J connectivity index is 1.34. The average Bonchev–Trinajstić information content (AvgIpc) is 3.39. The quantitative estimate of drug-likeness (QED) is 0.470. The smallest absolute Gasteiger partial charge is 0.268 e. The van der Waals surface area contributed by atoms with Gasteiger partial charge in [0.1, 0.15) is 24.5 Å². The monoisotopic (exact) mass is 422 g/mol. The number of aryl methyl sites for hydroxylation is 1. The highest BCUT2D eigenvalue weighted by atomic mass is 32.1. The molecule has 0 radical (unpaired) electrons. The van der Waals surface area contributed by atoms with Crippen LogP contribution in [0.15, 0.2) is 66.3 Å². The van der Waals surface area contributed by atoms with E-state index in [0.717, 1.165) is 22.4 Å². The molecule has 6 nitrogen and oxygen atoms in total. The Morgan fingerprint density at radius 1 is 1.17 bits per heavy atom. The van der Waals surface area contributed by atoms with Gasteiger partial charge in [0, 0.05) is 5.56 Å². The number of ether oxygens (including phenoxy) is 1. The molecule has 0 aliphatic carbocycles. The number of carbonyl (C=O) groups is 1. The van der Waals surface area contributed by atoms with Crippen LogP contribution in [0.1, 0.15) is 26.4 Å². The van der Waals surface area contributed by atoms with E-state index in [-0.39, 0.29) is 17.7 Å². The molecule has 0 aliphatic heterocycles. The molecule has 4 rings (SSSR count). The normalized spacial score (nSPS) is 10.7. The number of rotatable bonds is 7. The Morgan fingerprint density at radius 2 is 1.97 bits per heavy atom. The molecule has 0 fully saturated rings. The van der Waals surface area contributed by atoms with Crippen molar-refractivity contribution < 1.29 is 13.9 Å². The molecule has 0 saturated carbocycles. The second-order valence-corrected chi connectivity index (χ2v) is 7.63. The molecular weight excluding hydrogens is 403 g/mol. The van der Waals surface area contributed by atoms with Crippen LogP contribution in [-0.2, 0) is 13.2 Å². The molecule has 0 aliphatic rings. The van der Waals surface area contributed by atoms with Crippen LogP contribution in [0.3, 0.4) is 0 Å². The number of anilines is 1. The summed E-state index contributed by atoms with van der Waals surface area (Å²) >= 11 is 1.34. The number of thiophene rings is 1. The van der Waals surface area contributed by atoms with Crippen molar-refractivity contribution in [1.82, 2.24) is 14.8 Å². The summed E-state index contributed by atoms with van der Waals surface area (Å²) in [5.41, 5.74) is 2.87. The van der Waals surface area contributed by atoms with E-state index in [1.54, 1.807) is 22.9 Å². The number of nitrogens with one attached hydrogen (secondary N) is 1. The fourth-order valence-corrected chi connectivity index (χ4v) is 3.61. The predicted octanol–water partition coefficient (Wildman–Crippen LogP) is 4.67. The zero-order valence-corrected chi connectivity index (χ0v) is 17.0. The molecule has 30 heavy (non-hydrogen) atoms. The molecular formula is C22H19FN4O2S. The van der Waals surface area contributed by atoms with Crippen molar-refractivity contribution in [2.24, 2.45) is 0 Å². The van der Waals surface area contributed by atoms with E-state index in [1.807, 2.05) is 36.6 Å². The number of para-hydroxylation sites is 1. The fraction of sp³-hybridized carbons (Fsp3) is 0.136. The minimum Gasteiger partial charge on any atom is -0.489 e. The van der Waals surface area contributed by atoms with E-state index < -0.39 is 0 Å². The van der Waals surface area contributed by atoms with E-state index in [1.165, 1.54) is 29.8 Å². The van der Waals surface area contributed by atoms with E-state index in [9.17, 15) is 9.18 Å². The lowest BCUT2D eigenvalue weighted by atomic mass is 10.2. The number of halogens is 1. The van der Waals surface area contributed by atoms with Crippen molar-refractivity contribution in [2.45, 2.75) is 20.1 Å². The molecule has 1 N–H and O–H groups in total. The SMILES string of the molecule is Cc1ccccc1OCc1csc(C(=O)Nc2ncn(Cc3ccc(F)cc3)n2)c1. The first kappa shape index (κ1) is 19.8. The highest BCUT2D eigenvalue weighted by molar-refractivity contribution is 7.12. The van der Waals surface area contributed by atoms with Crippen molar-refractivity contribution in [1.29, 1.82) is 0 Å². The summed E-state index contributed by atoms with van der Waals surface area (Å²) in [6.07, 6.45) is 1.52. The number of amides is 1. The number of nitrogens with zero attached hydrogens (tertiary/aromatic N) is 3. The van der Waals surface area contributed by atoms with Crippen LogP contribution < -0.4 is 10.1 Å². The molecule has 2 aromatic carbocycles. The fourth-order valence-electron chi connectivity index (χ4n) is 2.82. The van der Waals surface area contributed by atoms with E-state index in [2.05, 4.69) is 15.4 Å². The van der Waals surface area contributed by atoms with Crippen molar-refractivity contribution in [2.75, 3.05) is 5.32 Å². The lowest BCUT2D eigenvalue weighted by molar-refractivity contribution is 0.102. The first-order chi connectivity index (χ1) is 14.6. The summed E-state index contributed by atoms with van der Waals surface area (Å²) in [4.78, 5) is 17.2. The van der Waals surface area contributed by atoms with E-state index in [0.29, 0.717) is 18.0 Å². The Hall–Kier alpha value is -3.52. The summed E-state index contributed by atoms with van der Waals surface area (Å²) in [6, 6.07) is 15.8. The highest BCUT2D eigenvalue weighted by Crippen LogP contribution is 2.21. The van der Waals surface area contributed by atoms with Gasteiger partial charge in [-0.05, 0) is 47.7 Å². The molecule has 1 amide bonds. The van der Waals surface area contributed by atoms with Crippen molar-refractivity contribution in [3.63, 3.8) is 0 Å². The average molecular weight is 422 g/mol. The number of aromatic nitrogens is 3. The third-order valence-corrected chi connectivity index (χ3v) is 5.36. The molecule has 0 bridgehead atoms. The molecule has 8 heteroatoms. The van der Waals surface area contributed by atoms with Crippen LogP contribution in [0.25, 0.3) is 0 Å². The third kappa shape index (κ3) is 4.90. The summed E-state index contributed by atoms with van der Waals surface area (Å²) < 4.78 is 20.4. The second-order valence-electron chi connectivity index (χ2n) is 6.72. The Labute approximate surface area is 177 Å². The van der Waals surface area contributed by atoms with Gasteiger partial charge in [-0.3, -0.25) is 10.1 Å². The lowest BCUT2D eigenvalue weighted by Gasteiger charge is -2.07. The lowest BCUT2D eigenvalue weighted by Crippen LogP contribution is -2.12. The van der Waals surface area contributed by atoms with Crippen molar-refractivity contribution >= 4 is 23.2 Å². The summed E-state index contributed by atoms with van der Waals surface area (Å²) in [6.45, 7) is 2.81. The van der Waals surface area contributed by atoms with Gasteiger partial charge in [-0.15, -0.1) is 16.4 Å². The van der Waals surface area contributed by atoms with Gasteiger partial charge in [-0.1, -0.05) is 30.3 Å². The molecule has 152 valence electrons. The predicted molar refractivity (Wildman–Crippen MR) is 113 cm³/mol. The number of hydrogen-bond acceptors (Lipinski definition) is 5. The van der Waals surface area contributed by atoms with Crippen LogP contribution in [0.5, 0.6) is 5.75 Å². The van der Waals surface area contributed by atoms with Gasteiger partial charge in [0.05, 0.1) is 11.4 Å². The molecule has 2 aromatic heterocycles. The van der Waals surface area contributed by atoms with Gasteiger partial charge in [-0.25, -0.2) is 14.1 Å². The Bertz CT molecular complexity index is 1150. The number of carbonyl (C=O) groups excluding carboxylic acids is 1. The largest absolute Gasteiger partial charge is 0.489 e. The zero-order chi connectivity index (χ0) is 20.9. The molecule has 0 unspecified atom stereocenters. The van der Waals surface area contributed by atoms with Gasteiger partial charge in [0.2, 0.25) is 5.95 Å². The summed E-state index contributed by atoms with van der Waals surface area (Å²) in [7, 11) is 0. The second kappa shape index (κ2) is 8.87. The van der Waals surface area contributed by atoms with Gasteiger partial charge in [0.25, 0.3) is 5.91 Å². The van der Waals surface area contributed by atoms with Crippen LogP contribution in [0, 0.1) is 12.7 Å². The Morgan fingerprint density at radius 3 is 2.77 bits per heavy atom. The van der Waals surface area contributed by atoms with Crippen LogP contribution in [0.2, 0.25) is 0 Å². The summed E-state index contributed by atoms with van der Waals surface area (Å²) in [5, 5.41) is 8.84. The Kier molecular flexibility index (Phi) is 5.85. The van der Waals surface area contributed by atoms with Crippen molar-refractivity contribution in [3.8, 4) is 5.75 Å². The maximum absolute atomic E-state index is 13.0. The first-order valence-electron chi connectivity index (χ1n) is 9.28. The molecule has 0 saturated heterocycles. The minimum atomic E-state index is -0.287. The molecule has 0 spiro atoms. The van der Waals surface area contributed by atoms with Gasteiger partial charge in [0.15, 0.2) is 0 Å². The van der Waals surface area contributed by atoms with Crippen LogP contribution in [-0.4, -0.2) is 20.7 Å². The minimum absolute atomic E-state index is 0.216. The van der Waals surface area contributed by atoms with Gasteiger partial charge < -0.3 is 4.74 Å². The molecule has 2 heterocycles. The van der Waals surface area contributed by atoms with Crippen LogP contribution in [0.4, 0.5) is 10.3 Å². The van der Waals surface area contributed by atoms with E-state index in [4.69, 9.17) is 4.74 Å². The van der Waals surface area contributed by atoms with E-state index >= 15 is 0 Å². The van der Waals surface area contributed by atoms with Crippen molar-refractivity contribution in [3.05, 3.63) is 93.7 Å². The molecule has 4 aromatic rings. The first-order valence-corrected chi connectivity index (χ1v) is 10.2. The number of benzene rings is 2. The van der Waals surface area contributed by atoms with Gasteiger partial charge in [-0.2, -0.15) is 0 Å². The topological polar surface area (TPSA) is 69.0 Å². The standard InChI is InChI=1S/C22H19FN4O2S/c1-15-4-2-3-5-19(15)29-12-17-10-20(30-13-17)21(28)25-22-24-14-27(26-22)11-16-6-8-18(23)9-7-16/h2-10,13-14H,11-12H2,1H3,(H,25,26,28). The maximum Gasteiger partial charge on any atom is 0.268 e. The summed E-state index contributed by atoms with van der Waals surface area (Å²) in [5.74, 6) is 0.477. The van der Waals surface area contributed by atoms with Crippen LogP contribution >= 0.6 is 11.3 Å². The number of hydrogen-bond donors (Lipinski definition) is 1. The maximum atomic E-state index is 13.0. The zero-order valence-electron chi connectivity index (χ0n) is 16.2. The third-order valence-electron chi connectivity index (χ3n) is 4.39. The van der Waals surface area contributed by atoms with Gasteiger partial charge >= 0.3 is 0 Å². The highest BCUT2D eigenvalue weighted by Gasteiger charge is 2.13.